The van der Waals surface area contributed by atoms with Crippen molar-refractivity contribution in [1.82, 2.24) is 15.5 Å². The predicted molar refractivity (Wildman–Crippen MR) is 97.3 cm³/mol. The van der Waals surface area contributed by atoms with Crippen LogP contribution in [0.25, 0.3) is 0 Å². The first-order valence-corrected chi connectivity index (χ1v) is 8.73. The number of carbonyl (C=O) groups is 1. The summed E-state index contributed by atoms with van der Waals surface area (Å²) in [4.78, 5) is 13.7. The monoisotopic (exact) mass is 360 g/mol. The van der Waals surface area contributed by atoms with Crippen LogP contribution in [0.3, 0.4) is 0 Å². The van der Waals surface area contributed by atoms with Gasteiger partial charge in [0, 0.05) is 26.1 Å². The number of carbonyl (C=O) groups excluding carboxylic acids is 1. The lowest BCUT2D eigenvalue weighted by Gasteiger charge is -2.33. The Hall–Kier alpha value is -2.34. The van der Waals surface area contributed by atoms with E-state index in [1.54, 1.807) is 13.1 Å². The third kappa shape index (κ3) is 4.39. The maximum Gasteiger partial charge on any atom is 0.271 e. The molecule has 132 valence electrons. The lowest BCUT2D eigenvalue weighted by molar-refractivity contribution is 0.0957. The van der Waals surface area contributed by atoms with Gasteiger partial charge in [-0.25, -0.2) is 0 Å². The Bertz CT molecular complexity index is 723. The highest BCUT2D eigenvalue weighted by Gasteiger charge is 2.22. The minimum absolute atomic E-state index is 0.233. The van der Waals surface area contributed by atoms with Gasteiger partial charge in [-0.3, -0.25) is 4.79 Å². The fourth-order valence-electron chi connectivity index (χ4n) is 2.92. The zero-order chi connectivity index (χ0) is 17.6. The van der Waals surface area contributed by atoms with Crippen molar-refractivity contribution in [2.75, 3.05) is 31.6 Å². The van der Waals surface area contributed by atoms with Crippen LogP contribution in [-0.4, -0.2) is 42.8 Å². The molecular formula is C18H21ClN4O2. The van der Waals surface area contributed by atoms with Crippen LogP contribution in [0.1, 0.15) is 23.3 Å². The summed E-state index contributed by atoms with van der Waals surface area (Å²) in [5, 5.41) is 11.4. The van der Waals surface area contributed by atoms with Gasteiger partial charge in [0.2, 0.25) is 0 Å². The van der Waals surface area contributed by atoms with Crippen LogP contribution in [-0.2, 0) is 0 Å². The van der Waals surface area contributed by atoms with Gasteiger partial charge in [0.15, 0.2) is 11.5 Å². The molecular weight excluding hydrogens is 340 g/mol. The van der Waals surface area contributed by atoms with Gasteiger partial charge < -0.3 is 15.0 Å². The lowest BCUT2D eigenvalue weighted by Crippen LogP contribution is -2.38. The number of hydrogen-bond donors (Lipinski definition) is 1. The predicted octanol–water partition coefficient (Wildman–Crippen LogP) is 2.79. The molecule has 0 radical (unpaired) electrons. The van der Waals surface area contributed by atoms with Gasteiger partial charge in [0.25, 0.3) is 5.91 Å². The first kappa shape index (κ1) is 17.5. The van der Waals surface area contributed by atoms with Crippen molar-refractivity contribution in [3.8, 4) is 5.75 Å². The number of rotatable bonds is 5. The summed E-state index contributed by atoms with van der Waals surface area (Å²) >= 11 is 6.13. The zero-order valence-electron chi connectivity index (χ0n) is 14.1. The number of hydrogen-bond acceptors (Lipinski definition) is 5. The Morgan fingerprint density at radius 2 is 2.16 bits per heavy atom. The van der Waals surface area contributed by atoms with E-state index in [0.717, 1.165) is 37.5 Å². The number of amides is 1. The van der Waals surface area contributed by atoms with Crippen molar-refractivity contribution in [1.29, 1.82) is 0 Å². The van der Waals surface area contributed by atoms with E-state index in [1.165, 1.54) is 0 Å². The first-order valence-electron chi connectivity index (χ1n) is 8.35. The molecule has 1 atom stereocenters. The number of nitrogens with one attached hydrogen (secondary N) is 1. The minimum Gasteiger partial charge on any atom is -0.492 e. The molecule has 2 aromatic rings. The summed E-state index contributed by atoms with van der Waals surface area (Å²) in [6, 6.07) is 11.1. The normalized spacial score (nSPS) is 17.2. The standard InChI is InChI=1S/C18H21ClN4O2/c1-20-18(24)15-8-9-17(22-21-15)23-10-4-5-13(11-23)12-25-16-7-3-2-6-14(16)19/h2-3,6-9,13H,4-5,10-12H2,1H3,(H,20,24). The summed E-state index contributed by atoms with van der Waals surface area (Å²) in [5.74, 6) is 1.67. The maximum atomic E-state index is 11.5. The Labute approximate surface area is 152 Å². The highest BCUT2D eigenvalue weighted by Crippen LogP contribution is 2.26. The van der Waals surface area contributed by atoms with Gasteiger partial charge >= 0.3 is 0 Å². The zero-order valence-corrected chi connectivity index (χ0v) is 14.9. The molecule has 1 aliphatic rings. The molecule has 3 rings (SSSR count). The maximum absolute atomic E-state index is 11.5. The highest BCUT2D eigenvalue weighted by molar-refractivity contribution is 6.32. The molecule has 1 saturated heterocycles. The number of benzene rings is 1. The van der Waals surface area contributed by atoms with E-state index in [4.69, 9.17) is 16.3 Å². The lowest BCUT2D eigenvalue weighted by atomic mass is 9.99. The second-order valence-electron chi connectivity index (χ2n) is 6.05. The average Bonchev–Trinajstić information content (AvgIpc) is 2.67. The molecule has 1 aromatic carbocycles. The van der Waals surface area contributed by atoms with Gasteiger partial charge in [0.1, 0.15) is 5.75 Å². The third-order valence-electron chi connectivity index (χ3n) is 4.26. The summed E-state index contributed by atoms with van der Waals surface area (Å²) in [6.07, 6.45) is 2.17. The number of anilines is 1. The molecule has 6 nitrogen and oxygen atoms in total. The van der Waals surface area contributed by atoms with E-state index in [0.29, 0.717) is 23.2 Å². The van der Waals surface area contributed by atoms with Gasteiger partial charge in [0.05, 0.1) is 11.6 Å². The van der Waals surface area contributed by atoms with E-state index in [-0.39, 0.29) is 5.91 Å². The summed E-state index contributed by atoms with van der Waals surface area (Å²) < 4.78 is 5.88. The molecule has 1 fully saturated rings. The van der Waals surface area contributed by atoms with Gasteiger partial charge in [-0.15, -0.1) is 10.2 Å². The molecule has 1 amide bonds. The molecule has 25 heavy (non-hydrogen) atoms. The highest BCUT2D eigenvalue weighted by atomic mass is 35.5. The number of ether oxygens (including phenoxy) is 1. The van der Waals surface area contributed by atoms with Crippen LogP contribution in [0.15, 0.2) is 36.4 Å². The minimum atomic E-state index is -0.233. The summed E-state index contributed by atoms with van der Waals surface area (Å²) in [6.45, 7) is 2.39. The summed E-state index contributed by atoms with van der Waals surface area (Å²) in [7, 11) is 1.58. The van der Waals surface area contributed by atoms with Crippen molar-refractivity contribution >= 4 is 23.3 Å². The van der Waals surface area contributed by atoms with Crippen LogP contribution in [0.4, 0.5) is 5.82 Å². The molecule has 0 bridgehead atoms. The topological polar surface area (TPSA) is 67.4 Å². The Morgan fingerprint density at radius 1 is 1.32 bits per heavy atom. The molecule has 0 saturated carbocycles. The van der Waals surface area contributed by atoms with Crippen LogP contribution in [0.5, 0.6) is 5.75 Å². The Morgan fingerprint density at radius 3 is 2.88 bits per heavy atom. The van der Waals surface area contributed by atoms with Crippen molar-refractivity contribution < 1.29 is 9.53 Å². The molecule has 1 aromatic heterocycles. The summed E-state index contributed by atoms with van der Waals surface area (Å²) in [5.41, 5.74) is 0.321. The molecule has 7 heteroatoms. The van der Waals surface area contributed by atoms with Crippen molar-refractivity contribution in [2.45, 2.75) is 12.8 Å². The van der Waals surface area contributed by atoms with Crippen molar-refractivity contribution in [3.05, 3.63) is 47.1 Å². The number of aromatic nitrogens is 2. The fraction of sp³-hybridized carbons (Fsp3) is 0.389. The van der Waals surface area contributed by atoms with Gasteiger partial charge in [-0.2, -0.15) is 0 Å². The van der Waals surface area contributed by atoms with E-state index in [1.807, 2.05) is 30.3 Å². The van der Waals surface area contributed by atoms with E-state index >= 15 is 0 Å². The van der Waals surface area contributed by atoms with Crippen LogP contribution in [0, 0.1) is 5.92 Å². The smallest absolute Gasteiger partial charge is 0.271 e. The van der Waals surface area contributed by atoms with Crippen LogP contribution >= 0.6 is 11.6 Å². The quantitative estimate of drug-likeness (QED) is 0.888. The average molecular weight is 361 g/mol. The Balaban J connectivity index is 1.59. The second kappa shape index (κ2) is 8.16. The number of para-hydroxylation sites is 1. The van der Waals surface area contributed by atoms with Crippen molar-refractivity contribution in [3.63, 3.8) is 0 Å². The van der Waals surface area contributed by atoms with E-state index in [9.17, 15) is 4.79 Å². The number of nitrogens with zero attached hydrogens (tertiary/aromatic N) is 3. The fourth-order valence-corrected chi connectivity index (χ4v) is 3.11. The SMILES string of the molecule is CNC(=O)c1ccc(N2CCCC(COc3ccccc3Cl)C2)nn1. The molecule has 1 unspecified atom stereocenters. The molecule has 0 spiro atoms. The first-order chi connectivity index (χ1) is 12.2. The van der Waals surface area contributed by atoms with Gasteiger partial charge in [-0.1, -0.05) is 23.7 Å². The molecule has 0 aliphatic carbocycles. The largest absolute Gasteiger partial charge is 0.492 e. The van der Waals surface area contributed by atoms with Gasteiger partial charge in [-0.05, 0) is 37.1 Å². The number of halogens is 1. The van der Waals surface area contributed by atoms with Crippen LogP contribution in [0.2, 0.25) is 5.02 Å². The van der Waals surface area contributed by atoms with Crippen LogP contribution < -0.4 is 15.0 Å². The third-order valence-corrected chi connectivity index (χ3v) is 4.58. The molecule has 1 N–H and O–H groups in total. The second-order valence-corrected chi connectivity index (χ2v) is 6.46. The Kier molecular flexibility index (Phi) is 5.71. The van der Waals surface area contributed by atoms with E-state index < -0.39 is 0 Å². The molecule has 2 heterocycles. The van der Waals surface area contributed by atoms with E-state index in [2.05, 4.69) is 20.4 Å². The molecule has 1 aliphatic heterocycles. The van der Waals surface area contributed by atoms with Crippen molar-refractivity contribution in [2.24, 2.45) is 5.92 Å². The number of piperidine rings is 1.